The zero-order valence-electron chi connectivity index (χ0n) is 7.76. The number of hydrogen-bond donors (Lipinski definition) is 1. The number of aryl methyl sites for hydroxylation is 2. The van der Waals surface area contributed by atoms with Crippen molar-refractivity contribution < 1.29 is 0 Å². The zero-order chi connectivity index (χ0) is 9.84. The average Bonchev–Trinajstić information content (AvgIpc) is 2.06. The molecule has 0 spiro atoms. The van der Waals surface area contributed by atoms with Gasteiger partial charge in [-0.05, 0) is 13.8 Å². The van der Waals surface area contributed by atoms with Crippen molar-refractivity contribution in [1.29, 1.82) is 0 Å². The van der Waals surface area contributed by atoms with Crippen molar-refractivity contribution in [3.63, 3.8) is 0 Å². The first-order valence-electron chi connectivity index (χ1n) is 3.97. The molecule has 0 saturated carbocycles. The second kappa shape index (κ2) is 4.37. The molecule has 1 N–H and O–H groups in total. The van der Waals surface area contributed by atoms with Gasteiger partial charge in [-0.25, -0.2) is 4.98 Å². The highest BCUT2D eigenvalue weighted by Crippen LogP contribution is 2.10. The Kier molecular flexibility index (Phi) is 3.42. The largest absolute Gasteiger partial charge is 0.364 e. The Hall–Kier alpha value is -0.900. The standard InChI is InChI=1S/C9H12BrN3/c1-6(10)4-12-9-8(3)11-5-7(2)13-9/h5H,1,4H2,2-3H3,(H,12,13). The minimum Gasteiger partial charge on any atom is -0.364 e. The molecule has 70 valence electrons. The molecule has 0 aromatic carbocycles. The van der Waals surface area contributed by atoms with Gasteiger partial charge in [0.25, 0.3) is 0 Å². The van der Waals surface area contributed by atoms with Crippen molar-refractivity contribution in [3.05, 3.63) is 28.6 Å². The lowest BCUT2D eigenvalue weighted by atomic mass is 10.4. The van der Waals surface area contributed by atoms with Crippen molar-refractivity contribution in [1.82, 2.24) is 9.97 Å². The van der Waals surface area contributed by atoms with E-state index in [0.29, 0.717) is 6.54 Å². The molecule has 0 aliphatic carbocycles. The third-order valence-electron chi connectivity index (χ3n) is 1.52. The third-order valence-corrected chi connectivity index (χ3v) is 1.80. The van der Waals surface area contributed by atoms with Gasteiger partial charge in [0.1, 0.15) is 5.82 Å². The summed E-state index contributed by atoms with van der Waals surface area (Å²) in [5.74, 6) is 0.820. The Balaban J connectivity index is 2.75. The predicted octanol–water partition coefficient (Wildman–Crippen LogP) is 2.41. The van der Waals surface area contributed by atoms with Crippen LogP contribution in [0.3, 0.4) is 0 Å². The summed E-state index contributed by atoms with van der Waals surface area (Å²) in [4.78, 5) is 8.50. The van der Waals surface area contributed by atoms with E-state index < -0.39 is 0 Å². The molecule has 1 rings (SSSR count). The van der Waals surface area contributed by atoms with Crippen LogP contribution in [0.2, 0.25) is 0 Å². The normalized spacial score (nSPS) is 9.77. The van der Waals surface area contributed by atoms with Crippen LogP contribution in [-0.2, 0) is 0 Å². The van der Waals surface area contributed by atoms with Crippen molar-refractivity contribution >= 4 is 21.7 Å². The average molecular weight is 242 g/mol. The zero-order valence-corrected chi connectivity index (χ0v) is 9.35. The van der Waals surface area contributed by atoms with Gasteiger partial charge in [0.15, 0.2) is 0 Å². The minimum atomic E-state index is 0.666. The first kappa shape index (κ1) is 10.2. The van der Waals surface area contributed by atoms with Gasteiger partial charge in [-0.15, -0.1) is 0 Å². The van der Waals surface area contributed by atoms with E-state index in [1.54, 1.807) is 6.20 Å². The van der Waals surface area contributed by atoms with Crippen LogP contribution in [0.25, 0.3) is 0 Å². The van der Waals surface area contributed by atoms with E-state index in [0.717, 1.165) is 21.7 Å². The van der Waals surface area contributed by atoms with Crippen molar-refractivity contribution in [2.45, 2.75) is 13.8 Å². The Labute approximate surface area is 86.4 Å². The van der Waals surface area contributed by atoms with Gasteiger partial charge < -0.3 is 5.32 Å². The Bertz CT molecular complexity index is 323. The van der Waals surface area contributed by atoms with E-state index >= 15 is 0 Å². The maximum absolute atomic E-state index is 4.31. The monoisotopic (exact) mass is 241 g/mol. The number of nitrogens with one attached hydrogen (secondary N) is 1. The molecule has 13 heavy (non-hydrogen) atoms. The van der Waals surface area contributed by atoms with Gasteiger partial charge in [-0.3, -0.25) is 4.98 Å². The van der Waals surface area contributed by atoms with E-state index in [9.17, 15) is 0 Å². The summed E-state index contributed by atoms with van der Waals surface area (Å²) in [5, 5.41) is 3.13. The van der Waals surface area contributed by atoms with Gasteiger partial charge in [-0.1, -0.05) is 22.5 Å². The lowest BCUT2D eigenvalue weighted by Crippen LogP contribution is -2.06. The summed E-state index contributed by atoms with van der Waals surface area (Å²) in [6.07, 6.45) is 1.75. The van der Waals surface area contributed by atoms with Crippen LogP contribution in [0.4, 0.5) is 5.82 Å². The van der Waals surface area contributed by atoms with E-state index in [4.69, 9.17) is 0 Å². The quantitative estimate of drug-likeness (QED) is 0.884. The fourth-order valence-electron chi connectivity index (χ4n) is 0.885. The third kappa shape index (κ3) is 3.14. The molecule has 0 fully saturated rings. The molecule has 1 aromatic heterocycles. The first-order chi connectivity index (χ1) is 6.09. The fourth-order valence-corrected chi connectivity index (χ4v) is 1.02. The molecule has 0 bridgehead atoms. The maximum Gasteiger partial charge on any atom is 0.148 e. The van der Waals surface area contributed by atoms with Gasteiger partial charge in [0, 0.05) is 17.2 Å². The number of halogens is 1. The number of rotatable bonds is 3. The summed E-state index contributed by atoms with van der Waals surface area (Å²) < 4.78 is 0.898. The van der Waals surface area contributed by atoms with Crippen LogP contribution >= 0.6 is 15.9 Å². The van der Waals surface area contributed by atoms with E-state index in [-0.39, 0.29) is 0 Å². The minimum absolute atomic E-state index is 0.666. The second-order valence-electron chi connectivity index (χ2n) is 2.82. The highest BCUT2D eigenvalue weighted by Gasteiger charge is 2.00. The molecule has 3 nitrogen and oxygen atoms in total. The van der Waals surface area contributed by atoms with Gasteiger partial charge in [0.2, 0.25) is 0 Å². The van der Waals surface area contributed by atoms with Gasteiger partial charge in [0.05, 0.1) is 11.4 Å². The summed E-state index contributed by atoms with van der Waals surface area (Å²) >= 11 is 3.27. The second-order valence-corrected chi connectivity index (χ2v) is 3.94. The maximum atomic E-state index is 4.31. The topological polar surface area (TPSA) is 37.8 Å². The number of hydrogen-bond acceptors (Lipinski definition) is 3. The molecule has 0 aliphatic rings. The highest BCUT2D eigenvalue weighted by molar-refractivity contribution is 9.11. The predicted molar refractivity (Wildman–Crippen MR) is 58.1 cm³/mol. The van der Waals surface area contributed by atoms with Crippen molar-refractivity contribution in [2.24, 2.45) is 0 Å². The Morgan fingerprint density at radius 1 is 1.62 bits per heavy atom. The molecule has 0 saturated heterocycles. The van der Waals surface area contributed by atoms with Gasteiger partial charge in [-0.2, -0.15) is 0 Å². The van der Waals surface area contributed by atoms with Crippen LogP contribution in [0, 0.1) is 13.8 Å². The van der Waals surface area contributed by atoms with E-state index in [1.807, 2.05) is 13.8 Å². The Morgan fingerprint density at radius 3 is 2.92 bits per heavy atom. The van der Waals surface area contributed by atoms with Crippen LogP contribution in [0.1, 0.15) is 11.4 Å². The molecule has 0 radical (unpaired) electrons. The van der Waals surface area contributed by atoms with Crippen molar-refractivity contribution in [3.8, 4) is 0 Å². The van der Waals surface area contributed by atoms with Crippen LogP contribution in [0.15, 0.2) is 17.3 Å². The van der Waals surface area contributed by atoms with E-state index in [1.165, 1.54) is 0 Å². The molecule has 0 unspecified atom stereocenters. The summed E-state index contributed by atoms with van der Waals surface area (Å²) in [7, 11) is 0. The Morgan fingerprint density at radius 2 is 2.31 bits per heavy atom. The van der Waals surface area contributed by atoms with Crippen molar-refractivity contribution in [2.75, 3.05) is 11.9 Å². The fraction of sp³-hybridized carbons (Fsp3) is 0.333. The lowest BCUT2D eigenvalue weighted by molar-refractivity contribution is 1.05. The molecular formula is C9H12BrN3. The molecule has 1 aromatic rings. The molecule has 0 aliphatic heterocycles. The number of nitrogens with zero attached hydrogens (tertiary/aromatic N) is 2. The van der Waals surface area contributed by atoms with Crippen LogP contribution in [0.5, 0.6) is 0 Å². The van der Waals surface area contributed by atoms with Crippen LogP contribution < -0.4 is 5.32 Å². The van der Waals surface area contributed by atoms with E-state index in [2.05, 4.69) is 37.8 Å². The summed E-state index contributed by atoms with van der Waals surface area (Å²) in [6, 6.07) is 0. The molecule has 4 heteroatoms. The number of anilines is 1. The number of aromatic nitrogens is 2. The molecule has 0 amide bonds. The van der Waals surface area contributed by atoms with Gasteiger partial charge >= 0.3 is 0 Å². The molecule has 1 heterocycles. The summed E-state index contributed by atoms with van der Waals surface area (Å²) in [5.41, 5.74) is 1.81. The first-order valence-corrected chi connectivity index (χ1v) is 4.76. The molecule has 0 atom stereocenters. The van der Waals surface area contributed by atoms with Crippen LogP contribution in [-0.4, -0.2) is 16.5 Å². The SMILES string of the molecule is C=C(Br)CNc1nc(C)cnc1C. The smallest absolute Gasteiger partial charge is 0.148 e. The lowest BCUT2D eigenvalue weighted by Gasteiger charge is -2.07. The molecular weight excluding hydrogens is 230 g/mol. The summed E-state index contributed by atoms with van der Waals surface area (Å²) in [6.45, 7) is 8.23. The highest BCUT2D eigenvalue weighted by atomic mass is 79.9.